The summed E-state index contributed by atoms with van der Waals surface area (Å²) >= 11 is 6.40. The third kappa shape index (κ3) is 5.90. The predicted molar refractivity (Wildman–Crippen MR) is 124 cm³/mol. The van der Waals surface area contributed by atoms with Crippen molar-refractivity contribution in [1.29, 1.82) is 5.26 Å². The zero-order valence-corrected chi connectivity index (χ0v) is 19.0. The van der Waals surface area contributed by atoms with E-state index in [-0.39, 0.29) is 46.8 Å². The lowest BCUT2D eigenvalue weighted by Crippen LogP contribution is -2.13. The Bertz CT molecular complexity index is 1290. The molecule has 1 heterocycles. The van der Waals surface area contributed by atoms with Gasteiger partial charge in [-0.05, 0) is 43.7 Å². The Hall–Kier alpha value is -4.36. The minimum absolute atomic E-state index is 0.0804. The van der Waals surface area contributed by atoms with Crippen molar-refractivity contribution in [2.45, 2.75) is 20.5 Å². The molecule has 0 spiro atoms. The molecule has 34 heavy (non-hydrogen) atoms. The molecule has 1 N–H and O–H groups in total. The number of amides is 1. The number of aryl methyl sites for hydroxylation is 1. The molecular formula is C23H19ClN4O6. The molecule has 0 aliphatic carbocycles. The van der Waals surface area contributed by atoms with Gasteiger partial charge in [0.05, 0.1) is 22.1 Å². The van der Waals surface area contributed by atoms with Gasteiger partial charge in [-0.2, -0.15) is 5.26 Å². The zero-order chi connectivity index (χ0) is 24.7. The van der Waals surface area contributed by atoms with E-state index in [1.165, 1.54) is 24.3 Å². The average molecular weight is 483 g/mol. The number of nitro groups is 1. The number of anilines is 1. The first-order valence-electron chi connectivity index (χ1n) is 10.00. The number of rotatable bonds is 9. The van der Waals surface area contributed by atoms with Crippen molar-refractivity contribution in [3.63, 3.8) is 0 Å². The number of nitro benzene ring substituents is 1. The van der Waals surface area contributed by atoms with Crippen LogP contribution in [0, 0.1) is 28.4 Å². The number of carbonyl (C=O) groups is 1. The molecule has 0 atom stereocenters. The molecule has 0 fully saturated rings. The van der Waals surface area contributed by atoms with Crippen molar-refractivity contribution < 1.29 is 23.7 Å². The Kier molecular flexibility index (Phi) is 7.84. The molecule has 0 saturated carbocycles. The fraction of sp³-hybridized carbons (Fsp3) is 0.174. The van der Waals surface area contributed by atoms with E-state index >= 15 is 0 Å². The number of aromatic nitrogens is 1. The van der Waals surface area contributed by atoms with Crippen molar-refractivity contribution in [2.75, 3.05) is 11.9 Å². The number of ether oxygens (including phenoxy) is 2. The molecule has 11 heteroatoms. The highest BCUT2D eigenvalue weighted by Gasteiger charge is 2.18. The molecule has 0 aliphatic rings. The summed E-state index contributed by atoms with van der Waals surface area (Å²) in [6, 6.07) is 12.6. The van der Waals surface area contributed by atoms with Gasteiger partial charge in [-0.15, -0.1) is 0 Å². The number of nitriles is 1. The van der Waals surface area contributed by atoms with E-state index in [4.69, 9.17) is 25.6 Å². The van der Waals surface area contributed by atoms with Crippen LogP contribution < -0.4 is 14.8 Å². The first kappa shape index (κ1) is 24.3. The maximum atomic E-state index is 12.4. The summed E-state index contributed by atoms with van der Waals surface area (Å²) in [5, 5.41) is 27.0. The van der Waals surface area contributed by atoms with E-state index in [9.17, 15) is 20.2 Å². The first-order chi connectivity index (χ1) is 16.3. The summed E-state index contributed by atoms with van der Waals surface area (Å²) in [7, 11) is 0. The van der Waals surface area contributed by atoms with Crippen molar-refractivity contribution in [3.8, 4) is 17.6 Å². The van der Waals surface area contributed by atoms with Crippen LogP contribution in [0.5, 0.6) is 11.5 Å². The number of para-hydroxylation sites is 1. The van der Waals surface area contributed by atoms with Gasteiger partial charge in [-0.25, -0.2) is 0 Å². The Morgan fingerprint density at radius 3 is 2.74 bits per heavy atom. The Morgan fingerprint density at radius 1 is 1.32 bits per heavy atom. The van der Waals surface area contributed by atoms with Gasteiger partial charge in [0.1, 0.15) is 24.0 Å². The van der Waals surface area contributed by atoms with Gasteiger partial charge in [-0.1, -0.05) is 28.9 Å². The van der Waals surface area contributed by atoms with Crippen LogP contribution in [0.15, 0.2) is 52.6 Å². The maximum absolute atomic E-state index is 12.4. The maximum Gasteiger partial charge on any atom is 0.276 e. The molecule has 1 aromatic heterocycles. The molecule has 3 aromatic rings. The summed E-state index contributed by atoms with van der Waals surface area (Å²) in [4.78, 5) is 23.2. The van der Waals surface area contributed by atoms with Gasteiger partial charge in [-0.3, -0.25) is 14.9 Å². The molecule has 0 bridgehead atoms. The van der Waals surface area contributed by atoms with Crippen LogP contribution in [-0.2, 0) is 11.4 Å². The average Bonchev–Trinajstić information content (AvgIpc) is 3.21. The number of nitrogens with one attached hydrogen (secondary N) is 1. The van der Waals surface area contributed by atoms with E-state index in [2.05, 4.69) is 10.5 Å². The van der Waals surface area contributed by atoms with E-state index < -0.39 is 10.8 Å². The van der Waals surface area contributed by atoms with Gasteiger partial charge < -0.3 is 19.3 Å². The topological polar surface area (TPSA) is 141 Å². The molecule has 3 rings (SSSR count). The SMILES string of the molecule is CCOc1cc(C=C(C#N)C(=O)Nc2cc(C)on2)cc(Cl)c1OCc1ccccc1[N+](=O)[O-]. The van der Waals surface area contributed by atoms with Crippen LogP contribution in [0.1, 0.15) is 23.8 Å². The van der Waals surface area contributed by atoms with E-state index in [1.54, 1.807) is 38.1 Å². The lowest BCUT2D eigenvalue weighted by atomic mass is 10.1. The number of carbonyl (C=O) groups excluding carboxylic acids is 1. The normalized spacial score (nSPS) is 10.9. The Balaban J connectivity index is 1.87. The lowest BCUT2D eigenvalue weighted by molar-refractivity contribution is -0.385. The number of hydrogen-bond acceptors (Lipinski definition) is 8. The quantitative estimate of drug-likeness (QED) is 0.193. The van der Waals surface area contributed by atoms with Gasteiger partial charge >= 0.3 is 0 Å². The van der Waals surface area contributed by atoms with Crippen LogP contribution in [0.3, 0.4) is 0 Å². The summed E-state index contributed by atoms with van der Waals surface area (Å²) in [5.41, 5.74) is 0.493. The zero-order valence-electron chi connectivity index (χ0n) is 18.2. The number of halogens is 1. The molecule has 1 amide bonds. The fourth-order valence-electron chi connectivity index (χ4n) is 2.96. The minimum atomic E-state index is -0.679. The predicted octanol–water partition coefficient (Wildman–Crippen LogP) is 5.07. The lowest BCUT2D eigenvalue weighted by Gasteiger charge is -2.15. The van der Waals surface area contributed by atoms with Crippen molar-refractivity contribution in [2.24, 2.45) is 0 Å². The summed E-state index contributed by atoms with van der Waals surface area (Å²) < 4.78 is 16.3. The molecular weight excluding hydrogens is 464 g/mol. The molecule has 174 valence electrons. The summed E-state index contributed by atoms with van der Waals surface area (Å²) in [6.07, 6.45) is 1.34. The van der Waals surface area contributed by atoms with Crippen molar-refractivity contribution in [1.82, 2.24) is 5.16 Å². The number of hydrogen-bond donors (Lipinski definition) is 1. The smallest absolute Gasteiger partial charge is 0.276 e. The minimum Gasteiger partial charge on any atom is -0.490 e. The molecule has 2 aromatic carbocycles. The van der Waals surface area contributed by atoms with Crippen molar-refractivity contribution in [3.05, 3.63) is 80.1 Å². The standard InChI is InChI=1S/C23H19ClN4O6/c1-3-32-20-11-15(9-17(12-25)23(29)26-21-8-14(2)34-27-21)10-18(24)22(20)33-13-16-6-4-5-7-19(16)28(30)31/h4-11H,3,13H2,1-2H3,(H,26,27,29). The van der Waals surface area contributed by atoms with Crippen LogP contribution in [0.2, 0.25) is 5.02 Å². The Morgan fingerprint density at radius 2 is 2.09 bits per heavy atom. The number of nitrogens with zero attached hydrogens (tertiary/aromatic N) is 3. The van der Waals surface area contributed by atoms with Crippen LogP contribution in [0.25, 0.3) is 6.08 Å². The van der Waals surface area contributed by atoms with Crippen molar-refractivity contribution >= 4 is 35.1 Å². The number of benzene rings is 2. The fourth-order valence-corrected chi connectivity index (χ4v) is 3.23. The van der Waals surface area contributed by atoms with Gasteiger partial charge in [0, 0.05) is 12.1 Å². The highest BCUT2D eigenvalue weighted by molar-refractivity contribution is 6.32. The highest BCUT2D eigenvalue weighted by atomic mass is 35.5. The summed E-state index contributed by atoms with van der Waals surface area (Å²) in [5.74, 6) is 0.434. The second-order valence-electron chi connectivity index (χ2n) is 6.88. The molecule has 0 radical (unpaired) electrons. The third-order valence-electron chi connectivity index (χ3n) is 4.44. The van der Waals surface area contributed by atoms with Crippen LogP contribution in [-0.4, -0.2) is 22.6 Å². The first-order valence-corrected chi connectivity index (χ1v) is 10.4. The Labute approximate surface area is 199 Å². The van der Waals surface area contributed by atoms with Crippen LogP contribution in [0.4, 0.5) is 11.5 Å². The van der Waals surface area contributed by atoms with Gasteiger partial charge in [0.2, 0.25) is 0 Å². The molecule has 10 nitrogen and oxygen atoms in total. The van der Waals surface area contributed by atoms with Gasteiger partial charge in [0.25, 0.3) is 11.6 Å². The summed E-state index contributed by atoms with van der Waals surface area (Å²) in [6.45, 7) is 3.59. The third-order valence-corrected chi connectivity index (χ3v) is 4.72. The van der Waals surface area contributed by atoms with Gasteiger partial charge in [0.15, 0.2) is 17.3 Å². The second-order valence-corrected chi connectivity index (χ2v) is 7.29. The monoisotopic (exact) mass is 482 g/mol. The van der Waals surface area contributed by atoms with E-state index in [0.29, 0.717) is 16.9 Å². The van der Waals surface area contributed by atoms with Crippen LogP contribution >= 0.6 is 11.6 Å². The molecule has 0 aliphatic heterocycles. The van der Waals surface area contributed by atoms with E-state index in [0.717, 1.165) is 0 Å². The largest absolute Gasteiger partial charge is 0.490 e. The second kappa shape index (κ2) is 11.0. The molecule has 0 unspecified atom stereocenters. The van der Waals surface area contributed by atoms with E-state index in [1.807, 2.05) is 6.07 Å². The molecule has 0 saturated heterocycles. The highest BCUT2D eigenvalue weighted by Crippen LogP contribution is 2.38.